The topological polar surface area (TPSA) is 138 Å². The van der Waals surface area contributed by atoms with Gasteiger partial charge >= 0.3 is 12.1 Å². The summed E-state index contributed by atoms with van der Waals surface area (Å²) in [6.07, 6.45) is 1.34. The van der Waals surface area contributed by atoms with Crippen LogP contribution in [-0.4, -0.2) is 72.6 Å². The zero-order valence-electron chi connectivity index (χ0n) is 22.0. The predicted molar refractivity (Wildman–Crippen MR) is 137 cm³/mol. The lowest BCUT2D eigenvalue weighted by Gasteiger charge is -2.33. The highest BCUT2D eigenvalue weighted by atomic mass is 32.2. The number of hydrogen-bond acceptors (Lipinski definition) is 8. The molecule has 0 fully saturated rings. The van der Waals surface area contributed by atoms with Gasteiger partial charge in [0.05, 0.1) is 13.2 Å². The second-order valence-corrected chi connectivity index (χ2v) is 10.1. The second kappa shape index (κ2) is 14.3. The molecule has 198 valence electrons. The SMILES string of the molecule is COC(=O)CNC(=O)C(c1cc(C)ccc1C)N(CC#N)C(=O)C(CCSC)NC(=O)OC(C)(C)C. The Hall–Kier alpha value is -3.26. The average Bonchev–Trinajstić information content (AvgIpc) is 2.80. The van der Waals surface area contributed by atoms with Crippen molar-refractivity contribution in [1.29, 1.82) is 5.26 Å². The minimum atomic E-state index is -1.22. The number of methoxy groups -OCH3 is 1. The molecule has 0 aliphatic carbocycles. The number of esters is 1. The largest absolute Gasteiger partial charge is 0.468 e. The Labute approximate surface area is 217 Å². The summed E-state index contributed by atoms with van der Waals surface area (Å²) in [5.41, 5.74) is 1.28. The molecule has 0 bridgehead atoms. The summed E-state index contributed by atoms with van der Waals surface area (Å²) in [7, 11) is 1.20. The molecule has 1 aromatic rings. The Morgan fingerprint density at radius 1 is 1.19 bits per heavy atom. The summed E-state index contributed by atoms with van der Waals surface area (Å²) < 4.78 is 9.92. The summed E-state index contributed by atoms with van der Waals surface area (Å²) in [6, 6.07) is 5.12. The van der Waals surface area contributed by atoms with Crippen molar-refractivity contribution < 1.29 is 28.7 Å². The summed E-state index contributed by atoms with van der Waals surface area (Å²) in [6.45, 7) is 7.91. The van der Waals surface area contributed by atoms with Gasteiger partial charge < -0.3 is 25.0 Å². The van der Waals surface area contributed by atoms with Gasteiger partial charge in [0.25, 0.3) is 0 Å². The third kappa shape index (κ3) is 9.77. The van der Waals surface area contributed by atoms with Gasteiger partial charge in [0.15, 0.2) is 0 Å². The number of carbonyl (C=O) groups excluding carboxylic acids is 4. The molecular formula is C25H36N4O6S. The second-order valence-electron chi connectivity index (χ2n) is 9.16. The van der Waals surface area contributed by atoms with E-state index in [2.05, 4.69) is 15.4 Å². The normalized spacial score (nSPS) is 12.5. The molecule has 3 amide bonds. The van der Waals surface area contributed by atoms with E-state index >= 15 is 0 Å². The van der Waals surface area contributed by atoms with E-state index in [4.69, 9.17) is 4.74 Å². The molecule has 0 aliphatic heterocycles. The molecule has 2 atom stereocenters. The third-order valence-corrected chi connectivity index (χ3v) is 5.69. The van der Waals surface area contributed by atoms with Gasteiger partial charge in [-0.2, -0.15) is 17.0 Å². The fourth-order valence-electron chi connectivity index (χ4n) is 3.35. The van der Waals surface area contributed by atoms with E-state index in [9.17, 15) is 24.4 Å². The fourth-order valence-corrected chi connectivity index (χ4v) is 3.82. The van der Waals surface area contributed by atoms with Gasteiger partial charge in [0, 0.05) is 0 Å². The first-order chi connectivity index (χ1) is 16.8. The number of nitrogens with one attached hydrogen (secondary N) is 2. The molecule has 0 saturated carbocycles. The first-order valence-corrected chi connectivity index (χ1v) is 12.8. The maximum Gasteiger partial charge on any atom is 0.408 e. The predicted octanol–water partition coefficient (Wildman–Crippen LogP) is 2.63. The third-order valence-electron chi connectivity index (χ3n) is 5.05. The first kappa shape index (κ1) is 30.8. The van der Waals surface area contributed by atoms with Crippen molar-refractivity contribution in [3.05, 3.63) is 34.9 Å². The van der Waals surface area contributed by atoms with E-state index in [1.54, 1.807) is 33.8 Å². The number of nitrogens with zero attached hydrogens (tertiary/aromatic N) is 2. The summed E-state index contributed by atoms with van der Waals surface area (Å²) in [5, 5.41) is 14.7. The van der Waals surface area contributed by atoms with Gasteiger partial charge in [-0.15, -0.1) is 0 Å². The lowest BCUT2D eigenvalue weighted by Crippen LogP contribution is -2.53. The van der Waals surface area contributed by atoms with Gasteiger partial charge in [-0.3, -0.25) is 14.4 Å². The zero-order valence-corrected chi connectivity index (χ0v) is 22.8. The standard InChI is InChI=1S/C25H36N4O6S/c1-16-8-9-17(2)18(14-16)21(22(31)27-15-20(30)34-6)29(12-11-26)23(32)19(10-13-36-7)28-24(33)35-25(3,4)5/h8-9,14,19,21H,10,12-13,15H2,1-7H3,(H,27,31)(H,28,33). The molecule has 0 saturated heterocycles. The number of aryl methyl sites for hydroxylation is 2. The van der Waals surface area contributed by atoms with Crippen LogP contribution >= 0.6 is 11.8 Å². The van der Waals surface area contributed by atoms with Crippen LogP contribution in [0, 0.1) is 25.2 Å². The molecule has 0 aliphatic rings. The van der Waals surface area contributed by atoms with Crippen LogP contribution in [0.25, 0.3) is 0 Å². The highest BCUT2D eigenvalue weighted by Crippen LogP contribution is 2.27. The number of carbonyl (C=O) groups is 4. The van der Waals surface area contributed by atoms with Crippen LogP contribution in [0.15, 0.2) is 18.2 Å². The molecule has 2 unspecified atom stereocenters. The maximum atomic E-state index is 13.8. The van der Waals surface area contributed by atoms with Crippen molar-refractivity contribution in [1.82, 2.24) is 15.5 Å². The molecule has 0 spiro atoms. The van der Waals surface area contributed by atoms with E-state index in [1.807, 2.05) is 31.4 Å². The molecular weight excluding hydrogens is 484 g/mol. The van der Waals surface area contributed by atoms with Crippen LogP contribution in [0.3, 0.4) is 0 Å². The minimum Gasteiger partial charge on any atom is -0.468 e. The highest BCUT2D eigenvalue weighted by Gasteiger charge is 2.37. The monoisotopic (exact) mass is 520 g/mol. The number of amides is 3. The van der Waals surface area contributed by atoms with Crippen molar-refractivity contribution in [3.8, 4) is 6.07 Å². The summed E-state index contributed by atoms with van der Waals surface area (Å²) >= 11 is 1.48. The van der Waals surface area contributed by atoms with E-state index in [0.717, 1.165) is 16.0 Å². The number of nitriles is 1. The molecule has 10 nitrogen and oxygen atoms in total. The van der Waals surface area contributed by atoms with Crippen molar-refractivity contribution >= 4 is 35.6 Å². The van der Waals surface area contributed by atoms with Gasteiger partial charge in [-0.1, -0.05) is 23.8 Å². The van der Waals surface area contributed by atoms with E-state index in [-0.39, 0.29) is 6.42 Å². The molecule has 0 radical (unpaired) electrons. The van der Waals surface area contributed by atoms with E-state index < -0.39 is 54.7 Å². The molecule has 11 heteroatoms. The maximum absolute atomic E-state index is 13.8. The Kier molecular flexibility index (Phi) is 12.3. The quantitative estimate of drug-likeness (QED) is 0.335. The molecule has 36 heavy (non-hydrogen) atoms. The lowest BCUT2D eigenvalue weighted by atomic mass is 9.96. The number of benzene rings is 1. The number of ether oxygens (including phenoxy) is 2. The van der Waals surface area contributed by atoms with Gasteiger partial charge in [0.1, 0.15) is 30.8 Å². The van der Waals surface area contributed by atoms with Crippen molar-refractivity contribution in [2.75, 3.05) is 32.2 Å². The molecule has 0 aromatic heterocycles. The fraction of sp³-hybridized carbons (Fsp3) is 0.560. The van der Waals surface area contributed by atoms with E-state index in [1.165, 1.54) is 18.9 Å². The van der Waals surface area contributed by atoms with Crippen LogP contribution in [-0.2, 0) is 23.9 Å². The number of hydrogen-bond donors (Lipinski definition) is 2. The number of thioether (sulfide) groups is 1. The summed E-state index contributed by atoms with van der Waals surface area (Å²) in [4.78, 5) is 52.4. The average molecular weight is 521 g/mol. The summed E-state index contributed by atoms with van der Waals surface area (Å²) in [5.74, 6) is -1.39. The minimum absolute atomic E-state index is 0.254. The van der Waals surface area contributed by atoms with E-state index in [0.29, 0.717) is 11.3 Å². The molecule has 2 N–H and O–H groups in total. The van der Waals surface area contributed by atoms with Gasteiger partial charge in [0.2, 0.25) is 11.8 Å². The van der Waals surface area contributed by atoms with Crippen LogP contribution in [0.2, 0.25) is 0 Å². The number of alkyl carbamates (subject to hydrolysis) is 1. The number of rotatable bonds is 11. The Balaban J connectivity index is 3.48. The van der Waals surface area contributed by atoms with Crippen molar-refractivity contribution in [3.63, 3.8) is 0 Å². The molecule has 1 aromatic carbocycles. The van der Waals surface area contributed by atoms with Crippen LogP contribution in [0.1, 0.15) is 49.9 Å². The lowest BCUT2D eigenvalue weighted by molar-refractivity contribution is -0.144. The van der Waals surface area contributed by atoms with Crippen LogP contribution in [0.5, 0.6) is 0 Å². The van der Waals surface area contributed by atoms with Crippen LogP contribution in [0.4, 0.5) is 4.79 Å². The first-order valence-electron chi connectivity index (χ1n) is 11.4. The van der Waals surface area contributed by atoms with Gasteiger partial charge in [-0.25, -0.2) is 4.79 Å². The smallest absolute Gasteiger partial charge is 0.408 e. The Morgan fingerprint density at radius 3 is 2.42 bits per heavy atom. The zero-order chi connectivity index (χ0) is 27.5. The van der Waals surface area contributed by atoms with Crippen molar-refractivity contribution in [2.45, 2.75) is 58.7 Å². The van der Waals surface area contributed by atoms with Crippen LogP contribution < -0.4 is 10.6 Å². The Bertz CT molecular complexity index is 986. The highest BCUT2D eigenvalue weighted by molar-refractivity contribution is 7.98. The van der Waals surface area contributed by atoms with Gasteiger partial charge in [-0.05, 0) is 64.2 Å². The van der Waals surface area contributed by atoms with Crippen molar-refractivity contribution in [2.24, 2.45) is 0 Å². The molecule has 0 heterocycles. The Morgan fingerprint density at radius 2 is 1.86 bits per heavy atom. The molecule has 1 rings (SSSR count).